The second kappa shape index (κ2) is 4.90. The van der Waals surface area contributed by atoms with E-state index in [1.54, 1.807) is 0 Å². The second-order valence-electron chi connectivity index (χ2n) is 4.19. The molecular weight excluding hydrogens is 324 g/mol. The van der Waals surface area contributed by atoms with Gasteiger partial charge >= 0.3 is 0 Å². The molecule has 5 heteroatoms. The second-order valence-corrected chi connectivity index (χ2v) is 6.04. The van der Waals surface area contributed by atoms with Crippen molar-refractivity contribution in [2.24, 2.45) is 0 Å². The van der Waals surface area contributed by atoms with Gasteiger partial charge in [-0.1, -0.05) is 12.1 Å². The predicted molar refractivity (Wildman–Crippen MR) is 81.4 cm³/mol. The van der Waals surface area contributed by atoms with Crippen LogP contribution in [0.1, 0.15) is 5.56 Å². The zero-order valence-electron chi connectivity index (χ0n) is 10.2. The number of nitrogens with zero attached hydrogens (tertiary/aromatic N) is 1. The molecule has 0 saturated carbocycles. The van der Waals surface area contributed by atoms with E-state index < -0.39 is 0 Å². The average molecular weight is 335 g/mol. The Hall–Kier alpha value is -1.46. The lowest BCUT2D eigenvalue weighted by atomic mass is 10.2. The van der Waals surface area contributed by atoms with E-state index in [2.05, 4.69) is 20.9 Å². The molecule has 0 aliphatic rings. The fourth-order valence-electron chi connectivity index (χ4n) is 1.74. The number of para-hydroxylation sites is 2. The summed E-state index contributed by atoms with van der Waals surface area (Å²) in [6.45, 7) is 1.98. The summed E-state index contributed by atoms with van der Waals surface area (Å²) in [7, 11) is 0. The molecule has 96 valence electrons. The highest BCUT2D eigenvalue weighted by Crippen LogP contribution is 2.36. The van der Waals surface area contributed by atoms with Gasteiger partial charge in [0.05, 0.1) is 0 Å². The van der Waals surface area contributed by atoms with Crippen LogP contribution in [0.4, 0.5) is 5.69 Å². The first-order valence-corrected chi connectivity index (χ1v) is 7.33. The number of nitrogens with two attached hydrogens (primary N) is 1. The fourth-order valence-corrected chi connectivity index (χ4v) is 3.20. The van der Waals surface area contributed by atoms with Crippen molar-refractivity contribution in [1.29, 1.82) is 0 Å². The molecule has 0 bridgehead atoms. The molecule has 0 unspecified atom stereocenters. The minimum Gasteiger partial charge on any atom is -0.431 e. The number of rotatable bonds is 2. The van der Waals surface area contributed by atoms with E-state index in [1.807, 2.05) is 43.3 Å². The lowest BCUT2D eigenvalue weighted by Crippen LogP contribution is -1.90. The summed E-state index contributed by atoms with van der Waals surface area (Å²) in [6.07, 6.45) is 0. The van der Waals surface area contributed by atoms with Gasteiger partial charge in [-0.2, -0.15) is 0 Å². The molecule has 2 N–H and O–H groups in total. The van der Waals surface area contributed by atoms with Crippen LogP contribution in [0.3, 0.4) is 0 Å². The van der Waals surface area contributed by atoms with Crippen molar-refractivity contribution in [3.63, 3.8) is 0 Å². The number of anilines is 1. The van der Waals surface area contributed by atoms with Crippen molar-refractivity contribution < 1.29 is 4.42 Å². The molecule has 0 aliphatic carbocycles. The monoisotopic (exact) mass is 334 g/mol. The van der Waals surface area contributed by atoms with Crippen LogP contribution in [0.2, 0.25) is 0 Å². The quantitative estimate of drug-likeness (QED) is 0.694. The zero-order chi connectivity index (χ0) is 13.4. The summed E-state index contributed by atoms with van der Waals surface area (Å²) in [5.41, 5.74) is 9.35. The summed E-state index contributed by atoms with van der Waals surface area (Å²) >= 11 is 4.99. The molecule has 0 atom stereocenters. The Morgan fingerprint density at radius 2 is 2.05 bits per heavy atom. The molecule has 0 amide bonds. The third-order valence-electron chi connectivity index (χ3n) is 2.79. The summed E-state index contributed by atoms with van der Waals surface area (Å²) in [5, 5.41) is 0.631. The number of aromatic nitrogens is 1. The van der Waals surface area contributed by atoms with E-state index in [4.69, 9.17) is 10.2 Å². The lowest BCUT2D eigenvalue weighted by molar-refractivity contribution is 0.489. The zero-order valence-corrected chi connectivity index (χ0v) is 12.6. The van der Waals surface area contributed by atoms with Gasteiger partial charge in [0.15, 0.2) is 5.58 Å². The van der Waals surface area contributed by atoms with E-state index in [-0.39, 0.29) is 0 Å². The normalized spacial score (nSPS) is 11.1. The highest BCUT2D eigenvalue weighted by atomic mass is 79.9. The number of hydrogen-bond donors (Lipinski definition) is 1. The molecule has 3 nitrogen and oxygen atoms in total. The van der Waals surface area contributed by atoms with E-state index in [9.17, 15) is 0 Å². The number of halogens is 1. The van der Waals surface area contributed by atoms with Crippen LogP contribution in [-0.4, -0.2) is 4.98 Å². The molecule has 1 heterocycles. The Morgan fingerprint density at radius 3 is 2.84 bits per heavy atom. The Kier molecular flexibility index (Phi) is 3.24. The smallest absolute Gasteiger partial charge is 0.261 e. The molecule has 2 aromatic carbocycles. The Labute approximate surface area is 123 Å². The minimum absolute atomic E-state index is 0.631. The van der Waals surface area contributed by atoms with Crippen LogP contribution >= 0.6 is 27.7 Å². The molecular formula is C14H11BrN2OS. The standard InChI is InChI=1S/C14H11BrN2OS/c1-8-6-13(9(15)7-10(8)16)19-14-17-11-4-2-3-5-12(11)18-14/h2-7H,16H2,1H3. The van der Waals surface area contributed by atoms with Crippen LogP contribution in [0.25, 0.3) is 11.1 Å². The van der Waals surface area contributed by atoms with Crippen LogP contribution < -0.4 is 5.73 Å². The van der Waals surface area contributed by atoms with Gasteiger partial charge in [0.2, 0.25) is 0 Å². The highest BCUT2D eigenvalue weighted by Gasteiger charge is 2.10. The van der Waals surface area contributed by atoms with Crippen LogP contribution in [0, 0.1) is 6.92 Å². The number of fused-ring (bicyclic) bond motifs is 1. The number of oxazole rings is 1. The first-order valence-electron chi connectivity index (χ1n) is 5.72. The van der Waals surface area contributed by atoms with Gasteiger partial charge in [-0.25, -0.2) is 4.98 Å². The van der Waals surface area contributed by atoms with E-state index >= 15 is 0 Å². The Bertz CT molecular complexity index is 721. The van der Waals surface area contributed by atoms with Crippen LogP contribution in [0.15, 0.2) is 55.4 Å². The first-order chi connectivity index (χ1) is 9.13. The maximum atomic E-state index is 5.87. The van der Waals surface area contributed by atoms with Gasteiger partial charge in [-0.3, -0.25) is 0 Å². The SMILES string of the molecule is Cc1cc(Sc2nc3ccccc3o2)c(Br)cc1N. The van der Waals surface area contributed by atoms with Crippen LogP contribution in [0.5, 0.6) is 0 Å². The van der Waals surface area contributed by atoms with E-state index in [0.29, 0.717) is 5.22 Å². The van der Waals surface area contributed by atoms with Crippen molar-refractivity contribution in [2.45, 2.75) is 17.0 Å². The lowest BCUT2D eigenvalue weighted by Gasteiger charge is -2.05. The molecule has 0 aliphatic heterocycles. The van der Waals surface area contributed by atoms with Gasteiger partial charge in [-0.05, 0) is 64.4 Å². The molecule has 1 aromatic heterocycles. The topological polar surface area (TPSA) is 52.0 Å². The van der Waals surface area contributed by atoms with Crippen molar-refractivity contribution in [1.82, 2.24) is 4.98 Å². The van der Waals surface area contributed by atoms with Crippen molar-refractivity contribution in [2.75, 3.05) is 5.73 Å². The van der Waals surface area contributed by atoms with E-state index in [1.165, 1.54) is 11.8 Å². The average Bonchev–Trinajstić information content (AvgIpc) is 2.78. The largest absolute Gasteiger partial charge is 0.431 e. The third-order valence-corrected chi connectivity index (χ3v) is 4.62. The fraction of sp³-hybridized carbons (Fsp3) is 0.0714. The van der Waals surface area contributed by atoms with Crippen LogP contribution in [-0.2, 0) is 0 Å². The molecule has 0 radical (unpaired) electrons. The van der Waals surface area contributed by atoms with Gasteiger partial charge in [0.25, 0.3) is 5.22 Å². The van der Waals surface area contributed by atoms with Gasteiger partial charge in [0, 0.05) is 15.1 Å². The van der Waals surface area contributed by atoms with Crippen molar-refractivity contribution in [3.05, 3.63) is 46.4 Å². The molecule has 0 saturated heterocycles. The summed E-state index contributed by atoms with van der Waals surface area (Å²) in [5.74, 6) is 0. The first kappa shape index (κ1) is 12.6. The van der Waals surface area contributed by atoms with E-state index in [0.717, 1.165) is 31.7 Å². The van der Waals surface area contributed by atoms with Gasteiger partial charge < -0.3 is 10.2 Å². The molecule has 19 heavy (non-hydrogen) atoms. The Morgan fingerprint density at radius 1 is 1.26 bits per heavy atom. The number of aryl methyl sites for hydroxylation is 1. The number of hydrogen-bond acceptors (Lipinski definition) is 4. The maximum absolute atomic E-state index is 5.87. The maximum Gasteiger partial charge on any atom is 0.261 e. The third kappa shape index (κ3) is 2.48. The van der Waals surface area contributed by atoms with Gasteiger partial charge in [-0.15, -0.1) is 0 Å². The molecule has 3 aromatic rings. The van der Waals surface area contributed by atoms with Crippen molar-refractivity contribution >= 4 is 44.5 Å². The highest BCUT2D eigenvalue weighted by molar-refractivity contribution is 9.10. The molecule has 0 fully saturated rings. The molecule has 3 rings (SSSR count). The number of benzene rings is 2. The van der Waals surface area contributed by atoms with Crippen molar-refractivity contribution in [3.8, 4) is 0 Å². The van der Waals surface area contributed by atoms with Gasteiger partial charge in [0.1, 0.15) is 5.52 Å². The minimum atomic E-state index is 0.631. The summed E-state index contributed by atoms with van der Waals surface area (Å²) in [4.78, 5) is 5.49. The predicted octanol–water partition coefficient (Wildman–Crippen LogP) is 4.63. The Balaban J connectivity index is 1.98. The summed E-state index contributed by atoms with van der Waals surface area (Å²) in [6, 6.07) is 11.7. The molecule has 0 spiro atoms. The number of nitrogen functional groups attached to an aromatic ring is 1. The summed E-state index contributed by atoms with van der Waals surface area (Å²) < 4.78 is 6.64.